The number of rotatable bonds is 8. The Kier molecular flexibility index (Phi) is 8.16. The summed E-state index contributed by atoms with van der Waals surface area (Å²) in [7, 11) is 1.69. The standard InChI is InChI=1S/C13H26N2O3/c1-5-10(2)9-11(3)14-13(18)15(4)8-6-7-12(16)17/h10-11H,5-9H2,1-4H3,(H,14,18)(H,16,17). The number of amides is 2. The summed E-state index contributed by atoms with van der Waals surface area (Å²) in [6.45, 7) is 6.76. The lowest BCUT2D eigenvalue weighted by Crippen LogP contribution is -2.42. The number of aliphatic carboxylic acids is 1. The molecule has 0 bridgehead atoms. The van der Waals surface area contributed by atoms with Crippen molar-refractivity contribution in [2.75, 3.05) is 13.6 Å². The van der Waals surface area contributed by atoms with Gasteiger partial charge >= 0.3 is 12.0 Å². The molecule has 0 spiro atoms. The van der Waals surface area contributed by atoms with Crippen LogP contribution in [0.2, 0.25) is 0 Å². The average molecular weight is 258 g/mol. The van der Waals surface area contributed by atoms with Crippen LogP contribution in [0.15, 0.2) is 0 Å². The Morgan fingerprint density at radius 3 is 2.44 bits per heavy atom. The van der Waals surface area contributed by atoms with Crippen LogP contribution in [0, 0.1) is 5.92 Å². The third-order valence-corrected chi connectivity index (χ3v) is 3.05. The van der Waals surface area contributed by atoms with Gasteiger partial charge in [0.25, 0.3) is 0 Å². The molecule has 18 heavy (non-hydrogen) atoms. The fourth-order valence-electron chi connectivity index (χ4n) is 1.72. The monoisotopic (exact) mass is 258 g/mol. The van der Waals surface area contributed by atoms with Gasteiger partial charge in [-0.3, -0.25) is 4.79 Å². The molecular weight excluding hydrogens is 232 g/mol. The van der Waals surface area contributed by atoms with E-state index >= 15 is 0 Å². The maximum absolute atomic E-state index is 11.8. The molecule has 5 nitrogen and oxygen atoms in total. The average Bonchev–Trinajstić information content (AvgIpc) is 2.27. The highest BCUT2D eigenvalue weighted by Crippen LogP contribution is 2.09. The van der Waals surface area contributed by atoms with Crippen LogP contribution in [-0.4, -0.2) is 41.6 Å². The van der Waals surface area contributed by atoms with Gasteiger partial charge in [-0.2, -0.15) is 0 Å². The van der Waals surface area contributed by atoms with Gasteiger partial charge in [-0.05, 0) is 25.7 Å². The molecule has 0 aromatic heterocycles. The Labute approximate surface area is 110 Å². The van der Waals surface area contributed by atoms with E-state index < -0.39 is 5.97 Å². The molecule has 0 aliphatic rings. The number of nitrogens with zero attached hydrogens (tertiary/aromatic N) is 1. The number of hydrogen-bond donors (Lipinski definition) is 2. The largest absolute Gasteiger partial charge is 0.481 e. The summed E-state index contributed by atoms with van der Waals surface area (Å²) < 4.78 is 0. The minimum atomic E-state index is -0.825. The van der Waals surface area contributed by atoms with Crippen molar-refractivity contribution in [2.45, 2.75) is 52.5 Å². The van der Waals surface area contributed by atoms with Gasteiger partial charge in [-0.15, -0.1) is 0 Å². The predicted molar refractivity (Wildman–Crippen MR) is 71.6 cm³/mol. The summed E-state index contributed by atoms with van der Waals surface area (Å²) in [6.07, 6.45) is 2.65. The van der Waals surface area contributed by atoms with E-state index in [0.29, 0.717) is 18.9 Å². The first-order valence-corrected chi connectivity index (χ1v) is 6.60. The zero-order chi connectivity index (χ0) is 14.1. The molecule has 0 aliphatic carbocycles. The Bertz CT molecular complexity index is 269. The third kappa shape index (κ3) is 7.92. The van der Waals surface area contributed by atoms with Crippen LogP contribution in [0.1, 0.15) is 46.5 Å². The minimum absolute atomic E-state index is 0.0973. The first-order chi connectivity index (χ1) is 8.36. The molecule has 0 saturated carbocycles. The zero-order valence-electron chi connectivity index (χ0n) is 11.9. The Morgan fingerprint density at radius 1 is 1.33 bits per heavy atom. The third-order valence-electron chi connectivity index (χ3n) is 3.05. The molecule has 0 radical (unpaired) electrons. The lowest BCUT2D eigenvalue weighted by atomic mass is 10.0. The first-order valence-electron chi connectivity index (χ1n) is 6.60. The normalized spacial score (nSPS) is 13.8. The number of carbonyl (C=O) groups is 2. The molecule has 2 atom stereocenters. The van der Waals surface area contributed by atoms with Gasteiger partial charge in [0.2, 0.25) is 0 Å². The van der Waals surface area contributed by atoms with E-state index in [4.69, 9.17) is 5.11 Å². The van der Waals surface area contributed by atoms with Gasteiger partial charge < -0.3 is 15.3 Å². The van der Waals surface area contributed by atoms with Gasteiger partial charge in [-0.1, -0.05) is 20.3 Å². The summed E-state index contributed by atoms with van der Waals surface area (Å²) in [6, 6.07) is 0.0190. The highest BCUT2D eigenvalue weighted by Gasteiger charge is 2.13. The van der Waals surface area contributed by atoms with Gasteiger partial charge in [0.05, 0.1) is 0 Å². The lowest BCUT2D eigenvalue weighted by Gasteiger charge is -2.22. The molecule has 106 valence electrons. The molecule has 0 aromatic carbocycles. The topological polar surface area (TPSA) is 69.6 Å². The van der Waals surface area contributed by atoms with Crippen molar-refractivity contribution in [3.63, 3.8) is 0 Å². The van der Waals surface area contributed by atoms with Crippen molar-refractivity contribution in [3.05, 3.63) is 0 Å². The maximum atomic E-state index is 11.8. The van der Waals surface area contributed by atoms with Crippen molar-refractivity contribution < 1.29 is 14.7 Å². The van der Waals surface area contributed by atoms with E-state index in [-0.39, 0.29) is 18.5 Å². The van der Waals surface area contributed by atoms with Crippen molar-refractivity contribution in [2.24, 2.45) is 5.92 Å². The fraction of sp³-hybridized carbons (Fsp3) is 0.846. The molecular formula is C13H26N2O3. The fourth-order valence-corrected chi connectivity index (χ4v) is 1.72. The number of nitrogens with one attached hydrogen (secondary N) is 1. The quantitative estimate of drug-likeness (QED) is 0.702. The summed E-state index contributed by atoms with van der Waals surface area (Å²) in [5.74, 6) is -0.230. The minimum Gasteiger partial charge on any atom is -0.481 e. The van der Waals surface area contributed by atoms with Crippen LogP contribution < -0.4 is 5.32 Å². The Hall–Kier alpha value is -1.26. The summed E-state index contributed by atoms with van der Waals surface area (Å²) >= 11 is 0. The van der Waals surface area contributed by atoms with Crippen LogP contribution >= 0.6 is 0 Å². The summed E-state index contributed by atoms with van der Waals surface area (Å²) in [5, 5.41) is 11.4. The summed E-state index contributed by atoms with van der Waals surface area (Å²) in [5.41, 5.74) is 0. The number of urea groups is 1. The van der Waals surface area contributed by atoms with Crippen molar-refractivity contribution in [3.8, 4) is 0 Å². The predicted octanol–water partition coefficient (Wildman–Crippen LogP) is 2.32. The molecule has 0 heterocycles. The van der Waals surface area contributed by atoms with Gasteiger partial charge in [0.15, 0.2) is 0 Å². The van der Waals surface area contributed by atoms with Crippen LogP contribution in [0.3, 0.4) is 0 Å². The number of carbonyl (C=O) groups excluding carboxylic acids is 1. The van der Waals surface area contributed by atoms with Crippen LogP contribution in [0.25, 0.3) is 0 Å². The molecule has 0 aromatic rings. The van der Waals surface area contributed by atoms with E-state index in [1.54, 1.807) is 7.05 Å². The van der Waals surface area contributed by atoms with Crippen LogP contribution in [-0.2, 0) is 4.79 Å². The second-order valence-electron chi connectivity index (χ2n) is 5.02. The molecule has 2 unspecified atom stereocenters. The van der Waals surface area contributed by atoms with Crippen molar-refractivity contribution in [1.82, 2.24) is 10.2 Å². The highest BCUT2D eigenvalue weighted by atomic mass is 16.4. The number of carboxylic acids is 1. The van der Waals surface area contributed by atoms with Crippen LogP contribution in [0.4, 0.5) is 4.79 Å². The second kappa shape index (κ2) is 8.78. The highest BCUT2D eigenvalue weighted by molar-refractivity contribution is 5.74. The molecule has 0 rings (SSSR count). The summed E-state index contributed by atoms with van der Waals surface area (Å²) in [4.78, 5) is 23.7. The smallest absolute Gasteiger partial charge is 0.317 e. The van der Waals surface area contributed by atoms with E-state index in [1.807, 2.05) is 6.92 Å². The Morgan fingerprint density at radius 2 is 1.94 bits per heavy atom. The van der Waals surface area contributed by atoms with E-state index in [1.165, 1.54) is 4.90 Å². The SMILES string of the molecule is CCC(C)CC(C)NC(=O)N(C)CCCC(=O)O. The van der Waals surface area contributed by atoms with Crippen LogP contribution in [0.5, 0.6) is 0 Å². The molecule has 2 amide bonds. The van der Waals surface area contributed by atoms with Gasteiger partial charge in [-0.25, -0.2) is 4.79 Å². The first kappa shape index (κ1) is 16.7. The van der Waals surface area contributed by atoms with Crippen molar-refractivity contribution >= 4 is 12.0 Å². The number of hydrogen-bond acceptors (Lipinski definition) is 2. The molecule has 0 fully saturated rings. The molecule has 0 aliphatic heterocycles. The maximum Gasteiger partial charge on any atom is 0.317 e. The zero-order valence-corrected chi connectivity index (χ0v) is 11.9. The molecule has 2 N–H and O–H groups in total. The molecule has 0 saturated heterocycles. The second-order valence-corrected chi connectivity index (χ2v) is 5.02. The van der Waals surface area contributed by atoms with Gasteiger partial charge in [0, 0.05) is 26.1 Å². The van der Waals surface area contributed by atoms with Gasteiger partial charge in [0.1, 0.15) is 0 Å². The van der Waals surface area contributed by atoms with E-state index in [2.05, 4.69) is 19.2 Å². The molecule has 5 heteroatoms. The van der Waals surface area contributed by atoms with Crippen molar-refractivity contribution in [1.29, 1.82) is 0 Å². The van der Waals surface area contributed by atoms with E-state index in [0.717, 1.165) is 12.8 Å². The Balaban J connectivity index is 3.88. The number of carboxylic acid groups (broad SMARTS) is 1. The lowest BCUT2D eigenvalue weighted by molar-refractivity contribution is -0.137. The van der Waals surface area contributed by atoms with E-state index in [9.17, 15) is 9.59 Å².